The highest BCUT2D eigenvalue weighted by atomic mass is 16.4. The number of hydrogen-bond acceptors (Lipinski definition) is 3. The summed E-state index contributed by atoms with van der Waals surface area (Å²) in [5, 5.41) is 8.93. The molecule has 1 fully saturated rings. The van der Waals surface area contributed by atoms with Crippen molar-refractivity contribution in [2.24, 2.45) is 5.92 Å². The second-order valence-electron chi connectivity index (χ2n) is 5.46. The molecule has 2 atom stereocenters. The maximum absolute atomic E-state index is 12.4. The van der Waals surface area contributed by atoms with E-state index in [1.165, 1.54) is 12.5 Å². The first-order valence-corrected chi connectivity index (χ1v) is 6.98. The van der Waals surface area contributed by atoms with Gasteiger partial charge in [0.2, 0.25) is 0 Å². The van der Waals surface area contributed by atoms with Crippen LogP contribution in [-0.4, -0.2) is 40.0 Å². The molecule has 1 saturated carbocycles. The number of carbonyl (C=O) groups excluding carboxylic acids is 1. The molecule has 2 unspecified atom stereocenters. The Kier molecular flexibility index (Phi) is 4.37. The first-order chi connectivity index (χ1) is 9.50. The molecule has 2 rings (SSSR count). The van der Waals surface area contributed by atoms with Crippen LogP contribution in [0.15, 0.2) is 18.2 Å². The first kappa shape index (κ1) is 14.5. The summed E-state index contributed by atoms with van der Waals surface area (Å²) in [7, 11) is 1.78. The number of carboxylic acids is 1. The Balaban J connectivity index is 2.17. The number of rotatable bonds is 3. The molecule has 1 aromatic heterocycles. The summed E-state index contributed by atoms with van der Waals surface area (Å²) < 4.78 is 0. The zero-order chi connectivity index (χ0) is 14.7. The van der Waals surface area contributed by atoms with Crippen LogP contribution in [0.1, 0.15) is 53.6 Å². The van der Waals surface area contributed by atoms with Crippen molar-refractivity contribution in [1.82, 2.24) is 9.88 Å². The van der Waals surface area contributed by atoms with Crippen LogP contribution < -0.4 is 0 Å². The Labute approximate surface area is 118 Å². The van der Waals surface area contributed by atoms with E-state index in [0.717, 1.165) is 19.3 Å². The zero-order valence-corrected chi connectivity index (χ0v) is 11.9. The van der Waals surface area contributed by atoms with Crippen LogP contribution in [0.2, 0.25) is 0 Å². The minimum atomic E-state index is -1.12. The summed E-state index contributed by atoms with van der Waals surface area (Å²) in [5.41, 5.74) is 0.103. The SMILES string of the molecule is CC1CCCCC1N(C)C(=O)c1cccc(C(=O)O)n1. The molecule has 1 amide bonds. The fourth-order valence-corrected chi connectivity index (χ4v) is 2.88. The number of carbonyl (C=O) groups is 2. The van der Waals surface area contributed by atoms with E-state index < -0.39 is 5.97 Å². The molecular weight excluding hydrogens is 256 g/mol. The van der Waals surface area contributed by atoms with Gasteiger partial charge in [0.1, 0.15) is 11.4 Å². The van der Waals surface area contributed by atoms with Crippen molar-refractivity contribution in [3.8, 4) is 0 Å². The van der Waals surface area contributed by atoms with E-state index in [-0.39, 0.29) is 23.3 Å². The highest BCUT2D eigenvalue weighted by Gasteiger charge is 2.29. The average molecular weight is 276 g/mol. The monoisotopic (exact) mass is 276 g/mol. The second kappa shape index (κ2) is 6.03. The fourth-order valence-electron chi connectivity index (χ4n) is 2.88. The molecule has 1 N–H and O–H groups in total. The topological polar surface area (TPSA) is 70.5 Å². The smallest absolute Gasteiger partial charge is 0.354 e. The predicted molar refractivity (Wildman–Crippen MR) is 74.7 cm³/mol. The molecular formula is C15H20N2O3. The van der Waals surface area contributed by atoms with Gasteiger partial charge in [-0.3, -0.25) is 4.79 Å². The molecule has 0 radical (unpaired) electrons. The van der Waals surface area contributed by atoms with Crippen LogP contribution >= 0.6 is 0 Å². The quantitative estimate of drug-likeness (QED) is 0.920. The highest BCUT2D eigenvalue weighted by Crippen LogP contribution is 2.28. The van der Waals surface area contributed by atoms with Gasteiger partial charge in [-0.05, 0) is 30.9 Å². The lowest BCUT2D eigenvalue weighted by Gasteiger charge is -2.36. The van der Waals surface area contributed by atoms with Gasteiger partial charge in [-0.15, -0.1) is 0 Å². The highest BCUT2D eigenvalue weighted by molar-refractivity contribution is 5.94. The minimum absolute atomic E-state index is 0.0963. The number of carboxylic acid groups (broad SMARTS) is 1. The van der Waals surface area contributed by atoms with Crippen molar-refractivity contribution in [3.63, 3.8) is 0 Å². The van der Waals surface area contributed by atoms with E-state index in [2.05, 4.69) is 11.9 Å². The number of aromatic nitrogens is 1. The van der Waals surface area contributed by atoms with Crippen molar-refractivity contribution in [1.29, 1.82) is 0 Å². The summed E-state index contributed by atoms with van der Waals surface area (Å²) in [5.74, 6) is -0.847. The molecule has 0 spiro atoms. The van der Waals surface area contributed by atoms with Gasteiger partial charge in [0.25, 0.3) is 5.91 Å². The molecule has 5 nitrogen and oxygen atoms in total. The molecule has 0 aliphatic heterocycles. The molecule has 1 aliphatic rings. The number of nitrogens with zero attached hydrogens (tertiary/aromatic N) is 2. The lowest BCUT2D eigenvalue weighted by Crippen LogP contribution is -2.43. The molecule has 1 aliphatic carbocycles. The largest absolute Gasteiger partial charge is 0.477 e. The van der Waals surface area contributed by atoms with Gasteiger partial charge in [-0.2, -0.15) is 0 Å². The normalized spacial score (nSPS) is 22.3. The Morgan fingerprint density at radius 3 is 2.55 bits per heavy atom. The van der Waals surface area contributed by atoms with Gasteiger partial charge in [0.05, 0.1) is 0 Å². The van der Waals surface area contributed by atoms with Gasteiger partial charge in [-0.1, -0.05) is 25.8 Å². The van der Waals surface area contributed by atoms with Crippen LogP contribution in [0, 0.1) is 5.92 Å². The molecule has 0 bridgehead atoms. The molecule has 1 heterocycles. The van der Waals surface area contributed by atoms with E-state index in [0.29, 0.717) is 5.92 Å². The van der Waals surface area contributed by atoms with Crippen LogP contribution in [0.5, 0.6) is 0 Å². The van der Waals surface area contributed by atoms with Crippen molar-refractivity contribution in [3.05, 3.63) is 29.6 Å². The standard InChI is InChI=1S/C15H20N2O3/c1-10-6-3-4-9-13(10)17(2)14(18)11-7-5-8-12(16-11)15(19)20/h5,7-8,10,13H,3-4,6,9H2,1-2H3,(H,19,20). The Morgan fingerprint density at radius 1 is 1.25 bits per heavy atom. The fraction of sp³-hybridized carbons (Fsp3) is 0.533. The van der Waals surface area contributed by atoms with E-state index in [4.69, 9.17) is 5.11 Å². The summed E-state index contributed by atoms with van der Waals surface area (Å²) in [6.45, 7) is 2.16. The molecule has 1 aromatic rings. The third-order valence-electron chi connectivity index (χ3n) is 4.07. The Hall–Kier alpha value is -1.91. The van der Waals surface area contributed by atoms with Gasteiger partial charge in [-0.25, -0.2) is 9.78 Å². The lowest BCUT2D eigenvalue weighted by atomic mass is 9.85. The van der Waals surface area contributed by atoms with Gasteiger partial charge in [0.15, 0.2) is 0 Å². The van der Waals surface area contributed by atoms with E-state index in [1.54, 1.807) is 24.1 Å². The van der Waals surface area contributed by atoms with Crippen LogP contribution in [0.25, 0.3) is 0 Å². The number of amides is 1. The maximum Gasteiger partial charge on any atom is 0.354 e. The second-order valence-corrected chi connectivity index (χ2v) is 5.46. The molecule has 0 aromatic carbocycles. The number of aromatic carboxylic acids is 1. The summed E-state index contributed by atoms with van der Waals surface area (Å²) in [6, 6.07) is 4.73. The summed E-state index contributed by atoms with van der Waals surface area (Å²) >= 11 is 0. The molecule has 5 heteroatoms. The Morgan fingerprint density at radius 2 is 1.90 bits per heavy atom. The maximum atomic E-state index is 12.4. The van der Waals surface area contributed by atoms with Crippen molar-refractivity contribution >= 4 is 11.9 Å². The number of pyridine rings is 1. The van der Waals surface area contributed by atoms with Crippen molar-refractivity contribution < 1.29 is 14.7 Å². The third kappa shape index (κ3) is 2.98. The summed E-state index contributed by atoms with van der Waals surface area (Å²) in [6.07, 6.45) is 4.48. The third-order valence-corrected chi connectivity index (χ3v) is 4.07. The van der Waals surface area contributed by atoms with Gasteiger partial charge < -0.3 is 10.0 Å². The van der Waals surface area contributed by atoms with Crippen LogP contribution in [0.4, 0.5) is 0 Å². The first-order valence-electron chi connectivity index (χ1n) is 6.98. The van der Waals surface area contributed by atoms with Crippen molar-refractivity contribution in [2.45, 2.75) is 38.6 Å². The lowest BCUT2D eigenvalue weighted by molar-refractivity contribution is 0.0622. The molecule has 108 valence electrons. The van der Waals surface area contributed by atoms with E-state index in [9.17, 15) is 9.59 Å². The number of hydrogen-bond donors (Lipinski definition) is 1. The Bertz CT molecular complexity index is 516. The van der Waals surface area contributed by atoms with Gasteiger partial charge in [0, 0.05) is 13.1 Å². The van der Waals surface area contributed by atoms with E-state index in [1.807, 2.05) is 0 Å². The van der Waals surface area contributed by atoms with Crippen LogP contribution in [0.3, 0.4) is 0 Å². The van der Waals surface area contributed by atoms with Gasteiger partial charge >= 0.3 is 5.97 Å². The molecule has 20 heavy (non-hydrogen) atoms. The molecule has 0 saturated heterocycles. The van der Waals surface area contributed by atoms with Crippen molar-refractivity contribution in [2.75, 3.05) is 7.05 Å². The van der Waals surface area contributed by atoms with E-state index >= 15 is 0 Å². The zero-order valence-electron chi connectivity index (χ0n) is 11.9. The minimum Gasteiger partial charge on any atom is -0.477 e. The average Bonchev–Trinajstić information content (AvgIpc) is 2.46. The summed E-state index contributed by atoms with van der Waals surface area (Å²) in [4.78, 5) is 29.0. The van der Waals surface area contributed by atoms with Crippen LogP contribution in [-0.2, 0) is 0 Å². The predicted octanol–water partition coefficient (Wildman–Crippen LogP) is 2.43.